The van der Waals surface area contributed by atoms with E-state index in [2.05, 4.69) is 37.1 Å². The highest BCUT2D eigenvalue weighted by Gasteiger charge is 2.09. The summed E-state index contributed by atoms with van der Waals surface area (Å²) in [6.45, 7) is 4.15. The molecule has 3 rings (SSSR count). The minimum atomic E-state index is 0.619. The molecule has 1 heterocycles. The van der Waals surface area contributed by atoms with Crippen molar-refractivity contribution in [2.24, 2.45) is 0 Å². The van der Waals surface area contributed by atoms with Crippen LogP contribution in [-0.2, 0) is 0 Å². The maximum Gasteiger partial charge on any atom is 0.133 e. The van der Waals surface area contributed by atoms with Crippen molar-refractivity contribution in [2.45, 2.75) is 13.8 Å². The van der Waals surface area contributed by atoms with Gasteiger partial charge in [-0.05, 0) is 37.1 Å². The fraction of sp³-hybridized carbons (Fsp3) is 0.118. The lowest BCUT2D eigenvalue weighted by atomic mass is 10.1. The molecule has 0 amide bonds. The Balaban J connectivity index is 2.09. The highest BCUT2D eigenvalue weighted by molar-refractivity contribution is 6.30. The Labute approximate surface area is 123 Å². The summed E-state index contributed by atoms with van der Waals surface area (Å²) in [5.74, 6) is 0. The van der Waals surface area contributed by atoms with E-state index in [0.29, 0.717) is 5.15 Å². The Kier molecular flexibility index (Phi) is 3.33. The standard InChI is InChI=1S/C17H15ClN2/c1-12-8-13(2)10-15(9-12)20-17(18)11-16(19-20)14-6-4-3-5-7-14/h3-11H,1-2H3. The van der Waals surface area contributed by atoms with Crippen LogP contribution in [0.4, 0.5) is 0 Å². The molecule has 2 aromatic carbocycles. The molecule has 0 saturated carbocycles. The molecule has 0 N–H and O–H groups in total. The predicted octanol–water partition coefficient (Wildman–Crippen LogP) is 4.81. The quantitative estimate of drug-likeness (QED) is 0.659. The lowest BCUT2D eigenvalue weighted by molar-refractivity contribution is 0.882. The van der Waals surface area contributed by atoms with Crippen LogP contribution >= 0.6 is 11.6 Å². The van der Waals surface area contributed by atoms with Crippen molar-refractivity contribution in [3.8, 4) is 16.9 Å². The Morgan fingerprint density at radius 3 is 2.20 bits per heavy atom. The van der Waals surface area contributed by atoms with Crippen molar-refractivity contribution in [3.05, 3.63) is 70.9 Å². The Bertz CT molecular complexity index is 725. The van der Waals surface area contributed by atoms with Crippen LogP contribution in [0.25, 0.3) is 16.9 Å². The van der Waals surface area contributed by atoms with Gasteiger partial charge in [-0.15, -0.1) is 0 Å². The number of rotatable bonds is 2. The van der Waals surface area contributed by atoms with Crippen molar-refractivity contribution in [3.63, 3.8) is 0 Å². The minimum Gasteiger partial charge on any atom is -0.222 e. The summed E-state index contributed by atoms with van der Waals surface area (Å²) in [5.41, 5.74) is 5.35. The monoisotopic (exact) mass is 282 g/mol. The molecule has 0 saturated heterocycles. The third-order valence-corrected chi connectivity index (χ3v) is 3.46. The number of aromatic nitrogens is 2. The van der Waals surface area contributed by atoms with Gasteiger partial charge in [0.2, 0.25) is 0 Å². The Morgan fingerprint density at radius 2 is 1.55 bits per heavy atom. The van der Waals surface area contributed by atoms with E-state index >= 15 is 0 Å². The summed E-state index contributed by atoms with van der Waals surface area (Å²) in [5, 5.41) is 5.24. The number of halogens is 1. The molecule has 1 aromatic heterocycles. The molecule has 0 atom stereocenters. The van der Waals surface area contributed by atoms with E-state index in [9.17, 15) is 0 Å². The zero-order valence-corrected chi connectivity index (χ0v) is 12.2. The molecule has 0 radical (unpaired) electrons. The van der Waals surface area contributed by atoms with Crippen molar-refractivity contribution < 1.29 is 0 Å². The maximum atomic E-state index is 6.33. The zero-order valence-electron chi connectivity index (χ0n) is 11.5. The second-order valence-corrected chi connectivity index (χ2v) is 5.36. The summed E-state index contributed by atoms with van der Waals surface area (Å²) in [7, 11) is 0. The fourth-order valence-electron chi connectivity index (χ4n) is 2.36. The van der Waals surface area contributed by atoms with Crippen LogP contribution in [0.1, 0.15) is 11.1 Å². The summed E-state index contributed by atoms with van der Waals surface area (Å²) in [6, 6.07) is 18.3. The van der Waals surface area contributed by atoms with E-state index < -0.39 is 0 Å². The maximum absolute atomic E-state index is 6.33. The SMILES string of the molecule is Cc1cc(C)cc(-n2nc(-c3ccccc3)cc2Cl)c1. The van der Waals surface area contributed by atoms with Crippen LogP contribution in [0, 0.1) is 13.8 Å². The van der Waals surface area contributed by atoms with E-state index in [1.54, 1.807) is 4.68 Å². The lowest BCUT2D eigenvalue weighted by Gasteiger charge is -2.06. The van der Waals surface area contributed by atoms with E-state index in [1.165, 1.54) is 11.1 Å². The topological polar surface area (TPSA) is 17.8 Å². The molecule has 0 fully saturated rings. The van der Waals surface area contributed by atoms with Gasteiger partial charge in [-0.3, -0.25) is 0 Å². The molecule has 0 bridgehead atoms. The van der Waals surface area contributed by atoms with Gasteiger partial charge in [0, 0.05) is 11.6 Å². The molecule has 0 aliphatic carbocycles. The fourth-order valence-corrected chi connectivity index (χ4v) is 2.60. The van der Waals surface area contributed by atoms with E-state index in [4.69, 9.17) is 11.6 Å². The van der Waals surface area contributed by atoms with Crippen molar-refractivity contribution in [1.29, 1.82) is 0 Å². The molecular formula is C17H15ClN2. The number of aryl methyl sites for hydroxylation is 2. The Hall–Kier alpha value is -2.06. The van der Waals surface area contributed by atoms with E-state index in [0.717, 1.165) is 16.9 Å². The predicted molar refractivity (Wildman–Crippen MR) is 83.5 cm³/mol. The van der Waals surface area contributed by atoms with E-state index in [-0.39, 0.29) is 0 Å². The smallest absolute Gasteiger partial charge is 0.133 e. The summed E-state index contributed by atoms with van der Waals surface area (Å²) >= 11 is 6.33. The molecule has 0 unspecified atom stereocenters. The van der Waals surface area contributed by atoms with Gasteiger partial charge in [-0.2, -0.15) is 5.10 Å². The van der Waals surface area contributed by atoms with Gasteiger partial charge in [0.05, 0.1) is 11.4 Å². The summed E-state index contributed by atoms with van der Waals surface area (Å²) < 4.78 is 1.78. The molecule has 0 aliphatic rings. The molecule has 0 aliphatic heterocycles. The summed E-state index contributed by atoms with van der Waals surface area (Å²) in [6.07, 6.45) is 0. The highest BCUT2D eigenvalue weighted by Crippen LogP contribution is 2.25. The third-order valence-electron chi connectivity index (χ3n) is 3.19. The lowest BCUT2D eigenvalue weighted by Crippen LogP contribution is -1.98. The average molecular weight is 283 g/mol. The average Bonchev–Trinajstić information content (AvgIpc) is 2.81. The van der Waals surface area contributed by atoms with Crippen LogP contribution in [0.2, 0.25) is 5.15 Å². The molecular weight excluding hydrogens is 268 g/mol. The number of hydrogen-bond donors (Lipinski definition) is 0. The normalized spacial score (nSPS) is 10.8. The summed E-state index contributed by atoms with van der Waals surface area (Å²) in [4.78, 5) is 0. The van der Waals surface area contributed by atoms with Crippen LogP contribution in [0.5, 0.6) is 0 Å². The van der Waals surface area contributed by atoms with Crippen LogP contribution < -0.4 is 0 Å². The third kappa shape index (κ3) is 2.47. The van der Waals surface area contributed by atoms with Crippen molar-refractivity contribution >= 4 is 11.6 Å². The first-order valence-electron chi connectivity index (χ1n) is 6.53. The van der Waals surface area contributed by atoms with Gasteiger partial charge in [-0.1, -0.05) is 48.0 Å². The minimum absolute atomic E-state index is 0.619. The zero-order chi connectivity index (χ0) is 14.1. The van der Waals surface area contributed by atoms with Gasteiger partial charge in [0.15, 0.2) is 0 Å². The molecule has 0 spiro atoms. The second kappa shape index (κ2) is 5.14. The number of hydrogen-bond acceptors (Lipinski definition) is 1. The van der Waals surface area contributed by atoms with E-state index in [1.807, 2.05) is 36.4 Å². The van der Waals surface area contributed by atoms with Gasteiger partial charge < -0.3 is 0 Å². The van der Waals surface area contributed by atoms with Crippen LogP contribution in [0.15, 0.2) is 54.6 Å². The largest absolute Gasteiger partial charge is 0.222 e. The molecule has 100 valence electrons. The number of benzene rings is 2. The molecule has 2 nitrogen and oxygen atoms in total. The van der Waals surface area contributed by atoms with Gasteiger partial charge in [0.1, 0.15) is 5.15 Å². The van der Waals surface area contributed by atoms with Crippen LogP contribution in [-0.4, -0.2) is 9.78 Å². The van der Waals surface area contributed by atoms with Crippen molar-refractivity contribution in [1.82, 2.24) is 9.78 Å². The van der Waals surface area contributed by atoms with Gasteiger partial charge >= 0.3 is 0 Å². The molecule has 3 aromatic rings. The molecule has 20 heavy (non-hydrogen) atoms. The second-order valence-electron chi connectivity index (χ2n) is 4.98. The van der Waals surface area contributed by atoms with Gasteiger partial charge in [0.25, 0.3) is 0 Å². The molecule has 3 heteroatoms. The first kappa shape index (κ1) is 12.9. The first-order valence-corrected chi connectivity index (χ1v) is 6.91. The number of nitrogens with zero attached hydrogens (tertiary/aromatic N) is 2. The first-order chi connectivity index (χ1) is 9.63. The Morgan fingerprint density at radius 1 is 0.900 bits per heavy atom. The van der Waals surface area contributed by atoms with Gasteiger partial charge in [-0.25, -0.2) is 4.68 Å². The van der Waals surface area contributed by atoms with Crippen molar-refractivity contribution in [2.75, 3.05) is 0 Å². The van der Waals surface area contributed by atoms with Crippen LogP contribution in [0.3, 0.4) is 0 Å². The highest BCUT2D eigenvalue weighted by atomic mass is 35.5.